The Morgan fingerprint density at radius 1 is 1.19 bits per heavy atom. The number of para-hydroxylation sites is 1. The Bertz CT molecular complexity index is 1040. The summed E-state index contributed by atoms with van der Waals surface area (Å²) in [6.45, 7) is 5.77. The largest absolute Gasteiger partial charge is 0.453 e. The summed E-state index contributed by atoms with van der Waals surface area (Å²) in [6, 6.07) is 9.12. The summed E-state index contributed by atoms with van der Waals surface area (Å²) in [5.74, 6) is 0.443. The second kappa shape index (κ2) is 5.80. The van der Waals surface area contributed by atoms with E-state index in [1.54, 1.807) is 25.3 Å². The third kappa shape index (κ3) is 2.69. The lowest BCUT2D eigenvalue weighted by atomic mass is 9.76. The van der Waals surface area contributed by atoms with Gasteiger partial charge in [0, 0.05) is 30.0 Å². The first-order chi connectivity index (χ1) is 12.4. The van der Waals surface area contributed by atoms with E-state index in [0.717, 1.165) is 5.39 Å². The molecule has 0 unspecified atom stereocenters. The molecule has 4 rings (SSSR count). The van der Waals surface area contributed by atoms with E-state index < -0.39 is 5.97 Å². The average molecular weight is 349 g/mol. The van der Waals surface area contributed by atoms with Gasteiger partial charge in [-0.05, 0) is 24.5 Å². The summed E-state index contributed by atoms with van der Waals surface area (Å²) < 4.78 is 11.3. The van der Waals surface area contributed by atoms with E-state index in [1.807, 2.05) is 32.0 Å². The first-order valence-corrected chi connectivity index (χ1v) is 8.57. The molecule has 1 aliphatic rings. The molecule has 26 heavy (non-hydrogen) atoms. The molecule has 132 valence electrons. The molecule has 5 heteroatoms. The van der Waals surface area contributed by atoms with Gasteiger partial charge in [0.1, 0.15) is 11.3 Å². The van der Waals surface area contributed by atoms with Crippen LogP contribution in [0.1, 0.15) is 52.5 Å². The van der Waals surface area contributed by atoms with Crippen LogP contribution in [0.5, 0.6) is 5.75 Å². The van der Waals surface area contributed by atoms with Gasteiger partial charge in [0.2, 0.25) is 5.76 Å². The highest BCUT2D eigenvalue weighted by molar-refractivity contribution is 6.03. The molecule has 0 spiro atoms. The monoisotopic (exact) mass is 349 g/mol. The van der Waals surface area contributed by atoms with E-state index in [0.29, 0.717) is 41.0 Å². The summed E-state index contributed by atoms with van der Waals surface area (Å²) in [5.41, 5.74) is 1.52. The number of hydrogen-bond acceptors (Lipinski definition) is 5. The van der Waals surface area contributed by atoms with Gasteiger partial charge in [-0.2, -0.15) is 0 Å². The molecule has 1 aliphatic carbocycles. The van der Waals surface area contributed by atoms with Crippen molar-refractivity contribution in [1.29, 1.82) is 0 Å². The standard InChI is InChI=1S/C21H19NO4/c1-12-17-14(23)10-21(2,3)11-16(17)25-19(12)20(24)26-15-8-4-6-13-7-5-9-22-18(13)15/h4-9H,10-11H2,1-3H3. The fourth-order valence-electron chi connectivity index (χ4n) is 3.58. The van der Waals surface area contributed by atoms with Crippen LogP contribution < -0.4 is 4.74 Å². The minimum Gasteiger partial charge on any atom is -0.453 e. The molecular weight excluding hydrogens is 330 g/mol. The first kappa shape index (κ1) is 16.5. The number of carbonyl (C=O) groups excluding carboxylic acids is 2. The molecule has 0 N–H and O–H groups in total. The minimum absolute atomic E-state index is 0.0170. The third-order valence-electron chi connectivity index (χ3n) is 4.76. The maximum Gasteiger partial charge on any atom is 0.380 e. The predicted molar refractivity (Wildman–Crippen MR) is 96.6 cm³/mol. The van der Waals surface area contributed by atoms with E-state index in [1.165, 1.54) is 0 Å². The van der Waals surface area contributed by atoms with E-state index in [4.69, 9.17) is 9.15 Å². The van der Waals surface area contributed by atoms with Gasteiger partial charge in [0.15, 0.2) is 11.5 Å². The number of hydrogen-bond donors (Lipinski definition) is 0. The van der Waals surface area contributed by atoms with E-state index in [-0.39, 0.29) is 17.0 Å². The molecule has 0 saturated heterocycles. The molecule has 0 amide bonds. The van der Waals surface area contributed by atoms with Crippen LogP contribution in [0.4, 0.5) is 0 Å². The highest BCUT2D eigenvalue weighted by atomic mass is 16.5. The normalized spacial score (nSPS) is 15.7. The smallest absolute Gasteiger partial charge is 0.380 e. The number of furan rings is 1. The lowest BCUT2D eigenvalue weighted by Gasteiger charge is -2.27. The second-order valence-corrected chi connectivity index (χ2v) is 7.52. The molecule has 0 radical (unpaired) electrons. The van der Waals surface area contributed by atoms with Gasteiger partial charge in [-0.3, -0.25) is 9.78 Å². The molecule has 1 aromatic carbocycles. The quantitative estimate of drug-likeness (QED) is 0.503. The Morgan fingerprint density at radius 3 is 2.77 bits per heavy atom. The van der Waals surface area contributed by atoms with Gasteiger partial charge >= 0.3 is 5.97 Å². The predicted octanol–water partition coefficient (Wildman–Crippen LogP) is 4.51. The molecule has 0 aliphatic heterocycles. The number of esters is 1. The summed E-state index contributed by atoms with van der Waals surface area (Å²) >= 11 is 0. The third-order valence-corrected chi connectivity index (χ3v) is 4.76. The summed E-state index contributed by atoms with van der Waals surface area (Å²) in [4.78, 5) is 29.5. The van der Waals surface area contributed by atoms with Gasteiger partial charge in [-0.25, -0.2) is 4.79 Å². The van der Waals surface area contributed by atoms with Crippen LogP contribution in [-0.2, 0) is 6.42 Å². The maximum absolute atomic E-state index is 12.7. The summed E-state index contributed by atoms with van der Waals surface area (Å²) in [6.07, 6.45) is 2.72. The fourth-order valence-corrected chi connectivity index (χ4v) is 3.58. The maximum atomic E-state index is 12.7. The number of carbonyl (C=O) groups is 2. The van der Waals surface area contributed by atoms with Crippen LogP contribution in [0, 0.1) is 12.3 Å². The van der Waals surface area contributed by atoms with E-state index in [9.17, 15) is 9.59 Å². The molecule has 0 saturated carbocycles. The number of pyridine rings is 1. The number of ketones is 1. The van der Waals surface area contributed by atoms with Gasteiger partial charge in [-0.1, -0.05) is 32.0 Å². The lowest BCUT2D eigenvalue weighted by molar-refractivity contribution is 0.0697. The number of benzene rings is 1. The van der Waals surface area contributed by atoms with Crippen LogP contribution in [0.15, 0.2) is 40.9 Å². The van der Waals surface area contributed by atoms with Crippen molar-refractivity contribution in [1.82, 2.24) is 4.98 Å². The van der Waals surface area contributed by atoms with Crippen molar-refractivity contribution >= 4 is 22.7 Å². The molecule has 0 fully saturated rings. The van der Waals surface area contributed by atoms with Crippen molar-refractivity contribution in [3.8, 4) is 5.75 Å². The van der Waals surface area contributed by atoms with Gasteiger partial charge in [0.25, 0.3) is 0 Å². The van der Waals surface area contributed by atoms with Crippen molar-refractivity contribution < 1.29 is 18.7 Å². The van der Waals surface area contributed by atoms with E-state index in [2.05, 4.69) is 4.98 Å². The number of aromatic nitrogens is 1. The Hall–Kier alpha value is -2.95. The zero-order valence-electron chi connectivity index (χ0n) is 15.0. The Labute approximate surface area is 151 Å². The second-order valence-electron chi connectivity index (χ2n) is 7.52. The fraction of sp³-hybridized carbons (Fsp3) is 0.286. The molecular formula is C21H19NO4. The number of fused-ring (bicyclic) bond motifs is 2. The van der Waals surface area contributed by atoms with Crippen LogP contribution in [0.3, 0.4) is 0 Å². The number of nitrogens with zero attached hydrogens (tertiary/aromatic N) is 1. The number of rotatable bonds is 2. The van der Waals surface area contributed by atoms with Gasteiger partial charge in [0.05, 0.1) is 5.56 Å². The van der Waals surface area contributed by atoms with Crippen molar-refractivity contribution in [2.24, 2.45) is 5.41 Å². The van der Waals surface area contributed by atoms with Gasteiger partial charge < -0.3 is 9.15 Å². The molecule has 3 aromatic rings. The van der Waals surface area contributed by atoms with Crippen LogP contribution in [0.25, 0.3) is 10.9 Å². The molecule has 0 atom stereocenters. The zero-order valence-corrected chi connectivity index (χ0v) is 15.0. The highest BCUT2D eigenvalue weighted by Gasteiger charge is 2.37. The van der Waals surface area contributed by atoms with Crippen molar-refractivity contribution in [3.63, 3.8) is 0 Å². The van der Waals surface area contributed by atoms with Crippen LogP contribution in [-0.4, -0.2) is 16.7 Å². The van der Waals surface area contributed by atoms with Crippen molar-refractivity contribution in [3.05, 3.63) is 59.2 Å². The first-order valence-electron chi connectivity index (χ1n) is 8.57. The Balaban J connectivity index is 1.71. The highest BCUT2D eigenvalue weighted by Crippen LogP contribution is 2.38. The SMILES string of the molecule is Cc1c(C(=O)Oc2cccc3cccnc23)oc2c1C(=O)CC(C)(C)C2. The summed E-state index contributed by atoms with van der Waals surface area (Å²) in [5, 5.41) is 0.880. The number of Topliss-reactive ketones (excluding diaryl/α,β-unsaturated/α-hetero) is 1. The van der Waals surface area contributed by atoms with Gasteiger partial charge in [-0.15, -0.1) is 0 Å². The molecule has 0 bridgehead atoms. The molecule has 2 heterocycles. The Kier molecular flexibility index (Phi) is 3.68. The summed E-state index contributed by atoms with van der Waals surface area (Å²) in [7, 11) is 0. The molecule has 5 nitrogen and oxygen atoms in total. The van der Waals surface area contributed by atoms with E-state index >= 15 is 0 Å². The topological polar surface area (TPSA) is 69.4 Å². The minimum atomic E-state index is -0.611. The van der Waals surface area contributed by atoms with Crippen molar-refractivity contribution in [2.45, 2.75) is 33.6 Å². The van der Waals surface area contributed by atoms with Crippen LogP contribution >= 0.6 is 0 Å². The zero-order chi connectivity index (χ0) is 18.5. The molecule has 2 aromatic heterocycles. The lowest BCUT2D eigenvalue weighted by Crippen LogP contribution is -2.26. The number of ether oxygens (including phenoxy) is 1. The Morgan fingerprint density at radius 2 is 1.96 bits per heavy atom. The average Bonchev–Trinajstić information content (AvgIpc) is 2.90. The van der Waals surface area contributed by atoms with Crippen LogP contribution in [0.2, 0.25) is 0 Å². The van der Waals surface area contributed by atoms with Crippen molar-refractivity contribution in [2.75, 3.05) is 0 Å².